The summed E-state index contributed by atoms with van der Waals surface area (Å²) in [6.07, 6.45) is 5.20. The number of furan rings is 1. The van der Waals surface area contributed by atoms with Gasteiger partial charge in [0.15, 0.2) is 28.6 Å². The van der Waals surface area contributed by atoms with E-state index in [-0.39, 0.29) is 18.6 Å². The molecular formula is C29H26N4O6. The Balaban J connectivity index is 1.17. The first kappa shape index (κ1) is 24.4. The number of aromatic nitrogens is 1. The van der Waals surface area contributed by atoms with Gasteiger partial charge in [-0.2, -0.15) is 0 Å². The van der Waals surface area contributed by atoms with Crippen LogP contribution in [0.1, 0.15) is 23.3 Å². The molecule has 2 aromatic carbocycles. The molecule has 2 amide bonds. The van der Waals surface area contributed by atoms with E-state index in [0.29, 0.717) is 59.7 Å². The second-order valence-corrected chi connectivity index (χ2v) is 9.30. The summed E-state index contributed by atoms with van der Waals surface area (Å²) >= 11 is 0. The predicted molar refractivity (Wildman–Crippen MR) is 145 cm³/mol. The molecule has 6 rings (SSSR count). The number of nitrogens with one attached hydrogen (secondary N) is 2. The van der Waals surface area contributed by atoms with Gasteiger partial charge in [0.2, 0.25) is 18.6 Å². The van der Waals surface area contributed by atoms with Crippen molar-refractivity contribution in [1.29, 1.82) is 0 Å². The molecule has 39 heavy (non-hydrogen) atoms. The van der Waals surface area contributed by atoms with E-state index in [1.807, 2.05) is 37.3 Å². The molecule has 0 saturated carbocycles. The predicted octanol–water partition coefficient (Wildman–Crippen LogP) is 5.08. The van der Waals surface area contributed by atoms with Crippen molar-refractivity contribution in [1.82, 2.24) is 9.88 Å². The number of aryl methyl sites for hydroxylation is 1. The Morgan fingerprint density at radius 2 is 2.05 bits per heavy atom. The fourth-order valence-corrected chi connectivity index (χ4v) is 4.53. The fourth-order valence-electron chi connectivity index (χ4n) is 4.53. The lowest BCUT2D eigenvalue weighted by molar-refractivity contribution is -0.125. The third kappa shape index (κ3) is 4.96. The number of likely N-dealkylation sites (N-methyl/N-ethyl adjacent to an activating group) is 1. The van der Waals surface area contributed by atoms with Crippen LogP contribution in [0.15, 0.2) is 59.2 Å². The van der Waals surface area contributed by atoms with Gasteiger partial charge in [0.25, 0.3) is 0 Å². The van der Waals surface area contributed by atoms with Crippen molar-refractivity contribution in [3.8, 4) is 23.0 Å². The normalized spacial score (nSPS) is 14.1. The van der Waals surface area contributed by atoms with E-state index in [2.05, 4.69) is 15.6 Å². The van der Waals surface area contributed by atoms with Crippen molar-refractivity contribution in [3.05, 3.63) is 71.6 Å². The summed E-state index contributed by atoms with van der Waals surface area (Å²) in [5.41, 5.74) is 2.98. The number of carbonyl (C=O) groups excluding carboxylic acids is 2. The van der Waals surface area contributed by atoms with E-state index in [0.717, 1.165) is 22.2 Å². The van der Waals surface area contributed by atoms with Gasteiger partial charge in [-0.25, -0.2) is 4.98 Å². The lowest BCUT2D eigenvalue weighted by atomic mass is 10.1. The van der Waals surface area contributed by atoms with E-state index < -0.39 is 0 Å². The molecule has 0 aliphatic carbocycles. The molecule has 2 aliphatic rings. The zero-order chi connectivity index (χ0) is 26.9. The minimum absolute atomic E-state index is 0.0810. The Bertz CT molecular complexity index is 1630. The highest BCUT2D eigenvalue weighted by Gasteiger charge is 2.20. The van der Waals surface area contributed by atoms with Crippen LogP contribution < -0.4 is 24.8 Å². The van der Waals surface area contributed by atoms with Crippen molar-refractivity contribution < 1.29 is 28.2 Å². The topological polar surface area (TPSA) is 115 Å². The van der Waals surface area contributed by atoms with Crippen molar-refractivity contribution in [2.45, 2.75) is 19.9 Å². The molecule has 0 saturated heterocycles. The average Bonchev–Trinajstić information content (AvgIpc) is 3.46. The van der Waals surface area contributed by atoms with E-state index in [4.69, 9.17) is 18.6 Å². The van der Waals surface area contributed by atoms with Crippen molar-refractivity contribution >= 4 is 40.4 Å². The minimum Gasteiger partial charge on any atom is -0.457 e. The van der Waals surface area contributed by atoms with Crippen LogP contribution in [0, 0.1) is 6.92 Å². The standard InChI is InChI=1S/C29H26N4O6/c1-17-21(15-33(2)27(35)9-6-18-12-22-29(31-14-18)32-26(34)10-11-30-22)20-4-3-5-24(28(20)38-17)39-19-7-8-23-25(13-19)37-16-36-23/h3-9,12-14,30H,10-11,15-16H2,1-2H3,(H,31,32,34)/b9-6+. The smallest absolute Gasteiger partial charge is 0.246 e. The van der Waals surface area contributed by atoms with Crippen molar-refractivity contribution in [3.63, 3.8) is 0 Å². The van der Waals surface area contributed by atoms with Gasteiger partial charge in [0, 0.05) is 55.8 Å². The molecule has 0 fully saturated rings. The molecule has 2 N–H and O–H groups in total. The maximum atomic E-state index is 12.9. The van der Waals surface area contributed by atoms with Crippen LogP contribution in [0.5, 0.6) is 23.0 Å². The van der Waals surface area contributed by atoms with E-state index in [1.54, 1.807) is 36.4 Å². The monoisotopic (exact) mass is 526 g/mol. The SMILES string of the molecule is Cc1oc2c(Oc3ccc4c(c3)OCO4)cccc2c1CN(C)C(=O)/C=C/c1cnc2c(c1)NCCC(=O)N2. The second kappa shape index (κ2) is 10.1. The highest BCUT2D eigenvalue weighted by atomic mass is 16.7. The Kier molecular flexibility index (Phi) is 6.28. The highest BCUT2D eigenvalue weighted by Crippen LogP contribution is 2.39. The van der Waals surface area contributed by atoms with Gasteiger partial charge in [-0.1, -0.05) is 12.1 Å². The summed E-state index contributed by atoms with van der Waals surface area (Å²) in [5, 5.41) is 6.82. The molecule has 198 valence electrons. The van der Waals surface area contributed by atoms with Gasteiger partial charge in [0.1, 0.15) is 11.5 Å². The Morgan fingerprint density at radius 3 is 2.95 bits per heavy atom. The molecule has 4 heterocycles. The maximum absolute atomic E-state index is 12.9. The summed E-state index contributed by atoms with van der Waals surface area (Å²) in [6.45, 7) is 2.95. The summed E-state index contributed by atoms with van der Waals surface area (Å²) in [4.78, 5) is 30.6. The number of anilines is 2. The molecule has 2 aliphatic heterocycles. The van der Waals surface area contributed by atoms with Crippen LogP contribution in [-0.4, -0.2) is 42.1 Å². The number of para-hydroxylation sites is 1. The number of hydrogen-bond acceptors (Lipinski definition) is 8. The lowest BCUT2D eigenvalue weighted by Gasteiger charge is -2.15. The third-order valence-corrected chi connectivity index (χ3v) is 6.58. The van der Waals surface area contributed by atoms with Crippen molar-refractivity contribution in [2.24, 2.45) is 0 Å². The Morgan fingerprint density at radius 1 is 1.18 bits per heavy atom. The second-order valence-electron chi connectivity index (χ2n) is 9.30. The molecule has 4 aromatic rings. The fraction of sp³-hybridized carbons (Fsp3) is 0.207. The first-order chi connectivity index (χ1) is 18.9. The number of nitrogens with zero attached hydrogens (tertiary/aromatic N) is 2. The third-order valence-electron chi connectivity index (χ3n) is 6.58. The largest absolute Gasteiger partial charge is 0.457 e. The van der Waals surface area contributed by atoms with E-state index in [1.165, 1.54) is 6.08 Å². The van der Waals surface area contributed by atoms with Crippen LogP contribution in [0.25, 0.3) is 17.0 Å². The van der Waals surface area contributed by atoms with Gasteiger partial charge in [0.05, 0.1) is 5.69 Å². The summed E-state index contributed by atoms with van der Waals surface area (Å²) < 4.78 is 23.0. The maximum Gasteiger partial charge on any atom is 0.246 e. The van der Waals surface area contributed by atoms with Gasteiger partial charge in [-0.3, -0.25) is 9.59 Å². The van der Waals surface area contributed by atoms with Gasteiger partial charge in [-0.15, -0.1) is 0 Å². The van der Waals surface area contributed by atoms with Crippen LogP contribution in [0.4, 0.5) is 11.5 Å². The van der Waals surface area contributed by atoms with Gasteiger partial charge >= 0.3 is 0 Å². The molecule has 0 radical (unpaired) electrons. The zero-order valence-electron chi connectivity index (χ0n) is 21.4. The first-order valence-electron chi connectivity index (χ1n) is 12.5. The van der Waals surface area contributed by atoms with E-state index >= 15 is 0 Å². The van der Waals surface area contributed by atoms with Crippen LogP contribution in [0.3, 0.4) is 0 Å². The van der Waals surface area contributed by atoms with E-state index in [9.17, 15) is 9.59 Å². The number of pyridine rings is 1. The summed E-state index contributed by atoms with van der Waals surface area (Å²) in [7, 11) is 1.74. The lowest BCUT2D eigenvalue weighted by Crippen LogP contribution is -2.24. The van der Waals surface area contributed by atoms with Crippen molar-refractivity contribution in [2.75, 3.05) is 31.0 Å². The van der Waals surface area contributed by atoms with Crippen LogP contribution in [0.2, 0.25) is 0 Å². The number of benzene rings is 2. The summed E-state index contributed by atoms with van der Waals surface area (Å²) in [5.74, 6) is 3.42. The first-order valence-corrected chi connectivity index (χ1v) is 12.5. The zero-order valence-corrected chi connectivity index (χ0v) is 21.4. The minimum atomic E-state index is -0.173. The molecular weight excluding hydrogens is 500 g/mol. The van der Waals surface area contributed by atoms with Gasteiger partial charge in [-0.05, 0) is 42.8 Å². The number of rotatable bonds is 6. The number of fused-ring (bicyclic) bond motifs is 3. The molecule has 10 heteroatoms. The van der Waals surface area contributed by atoms with Crippen LogP contribution >= 0.6 is 0 Å². The molecule has 0 unspecified atom stereocenters. The number of ether oxygens (including phenoxy) is 3. The van der Waals surface area contributed by atoms with Crippen LogP contribution in [-0.2, 0) is 16.1 Å². The highest BCUT2D eigenvalue weighted by molar-refractivity contribution is 5.96. The Hall–Kier alpha value is -4.99. The Labute approximate surface area is 224 Å². The number of hydrogen-bond donors (Lipinski definition) is 2. The number of amides is 2. The average molecular weight is 527 g/mol. The quantitative estimate of drug-likeness (QED) is 0.334. The molecule has 0 bridgehead atoms. The molecule has 0 atom stereocenters. The van der Waals surface area contributed by atoms with Gasteiger partial charge < -0.3 is 34.2 Å². The molecule has 10 nitrogen and oxygen atoms in total. The summed E-state index contributed by atoms with van der Waals surface area (Å²) in [6, 6.07) is 12.9. The molecule has 2 aromatic heterocycles. The molecule has 0 spiro atoms. The number of carbonyl (C=O) groups is 2.